The highest BCUT2D eigenvalue weighted by molar-refractivity contribution is 5.74. The van der Waals surface area contributed by atoms with Crippen LogP contribution >= 0.6 is 0 Å². The summed E-state index contributed by atoms with van der Waals surface area (Å²) in [7, 11) is 3.05. The number of rotatable bonds is 12. The summed E-state index contributed by atoms with van der Waals surface area (Å²) in [5.41, 5.74) is 0. The topological polar surface area (TPSA) is 54.0 Å². The third-order valence-corrected chi connectivity index (χ3v) is 2.47. The van der Waals surface area contributed by atoms with Gasteiger partial charge in [0.15, 0.2) is 6.10 Å². The van der Waals surface area contributed by atoms with Gasteiger partial charge in [0, 0.05) is 20.3 Å². The Kier molecular flexibility index (Phi) is 12.3. The Morgan fingerprint density at radius 2 is 1.83 bits per heavy atom. The Labute approximate surface area is 110 Å². The molecule has 0 saturated heterocycles. The lowest BCUT2D eigenvalue weighted by Crippen LogP contribution is -2.27. The van der Waals surface area contributed by atoms with Crippen molar-refractivity contribution >= 4 is 5.97 Å². The largest absolute Gasteiger partial charge is 0.467 e. The summed E-state index contributed by atoms with van der Waals surface area (Å²) in [6, 6.07) is 0. The first-order chi connectivity index (χ1) is 8.76. The van der Waals surface area contributed by atoms with Gasteiger partial charge in [-0.1, -0.05) is 19.8 Å². The molecular weight excluding hydrogens is 236 g/mol. The Hall–Kier alpha value is -0.650. The number of ether oxygens (including phenoxy) is 4. The second-order valence-electron chi connectivity index (χ2n) is 3.98. The van der Waals surface area contributed by atoms with Crippen molar-refractivity contribution in [3.8, 4) is 0 Å². The molecule has 1 atom stereocenters. The van der Waals surface area contributed by atoms with E-state index < -0.39 is 6.10 Å². The number of carbonyl (C=O) groups excluding carboxylic acids is 1. The van der Waals surface area contributed by atoms with Crippen LogP contribution in [0.1, 0.15) is 32.6 Å². The third-order valence-electron chi connectivity index (χ3n) is 2.47. The van der Waals surface area contributed by atoms with E-state index >= 15 is 0 Å². The molecule has 0 N–H and O–H groups in total. The first-order valence-electron chi connectivity index (χ1n) is 6.52. The molecule has 0 aromatic rings. The Bertz CT molecular complexity index is 196. The van der Waals surface area contributed by atoms with Gasteiger partial charge in [-0.15, -0.1) is 0 Å². The summed E-state index contributed by atoms with van der Waals surface area (Å²) in [6.07, 6.45) is 3.09. The second kappa shape index (κ2) is 12.8. The van der Waals surface area contributed by atoms with Gasteiger partial charge in [0.25, 0.3) is 0 Å². The first-order valence-corrected chi connectivity index (χ1v) is 6.52. The molecule has 0 rings (SSSR count). The predicted molar refractivity (Wildman–Crippen MR) is 68.6 cm³/mol. The molecule has 0 fully saturated rings. The number of esters is 1. The zero-order chi connectivity index (χ0) is 13.6. The van der Waals surface area contributed by atoms with Crippen molar-refractivity contribution in [2.75, 3.05) is 40.6 Å². The summed E-state index contributed by atoms with van der Waals surface area (Å²) in [5, 5.41) is 0. The summed E-state index contributed by atoms with van der Waals surface area (Å²) in [6.45, 7) is 4.32. The zero-order valence-electron chi connectivity index (χ0n) is 11.8. The minimum absolute atomic E-state index is 0.303. The fraction of sp³-hybridized carbons (Fsp3) is 0.923. The summed E-state index contributed by atoms with van der Waals surface area (Å²) in [5.74, 6) is -0.303. The standard InChI is InChI=1S/C13H26O5/c1-4-5-7-12(13(14)16-3)18-11-10-17-9-6-8-15-2/h12H,4-11H2,1-3H3. The maximum Gasteiger partial charge on any atom is 0.334 e. The summed E-state index contributed by atoms with van der Waals surface area (Å²) in [4.78, 5) is 11.4. The number of hydrogen-bond acceptors (Lipinski definition) is 5. The maximum absolute atomic E-state index is 11.4. The number of hydrogen-bond donors (Lipinski definition) is 0. The van der Waals surface area contributed by atoms with Crippen LogP contribution in [0.5, 0.6) is 0 Å². The monoisotopic (exact) mass is 262 g/mol. The third kappa shape index (κ3) is 9.39. The van der Waals surface area contributed by atoms with Gasteiger partial charge in [-0.05, 0) is 12.8 Å². The molecule has 5 nitrogen and oxygen atoms in total. The molecule has 0 spiro atoms. The van der Waals surface area contributed by atoms with E-state index in [1.165, 1.54) is 7.11 Å². The van der Waals surface area contributed by atoms with Crippen LogP contribution < -0.4 is 0 Å². The molecular formula is C13H26O5. The van der Waals surface area contributed by atoms with Crippen LogP contribution in [0.15, 0.2) is 0 Å². The van der Waals surface area contributed by atoms with E-state index in [2.05, 4.69) is 6.92 Å². The van der Waals surface area contributed by atoms with Crippen molar-refractivity contribution in [1.29, 1.82) is 0 Å². The minimum atomic E-state index is -0.461. The molecule has 0 bridgehead atoms. The van der Waals surface area contributed by atoms with E-state index in [0.29, 0.717) is 32.8 Å². The molecule has 0 amide bonds. The van der Waals surface area contributed by atoms with E-state index in [1.807, 2.05) is 0 Å². The van der Waals surface area contributed by atoms with Gasteiger partial charge in [-0.2, -0.15) is 0 Å². The lowest BCUT2D eigenvalue weighted by atomic mass is 10.1. The molecule has 0 aromatic carbocycles. The maximum atomic E-state index is 11.4. The highest BCUT2D eigenvalue weighted by atomic mass is 16.6. The number of carbonyl (C=O) groups is 1. The minimum Gasteiger partial charge on any atom is -0.467 e. The van der Waals surface area contributed by atoms with Crippen molar-refractivity contribution in [3.63, 3.8) is 0 Å². The molecule has 108 valence electrons. The molecule has 18 heavy (non-hydrogen) atoms. The van der Waals surface area contributed by atoms with Crippen molar-refractivity contribution in [2.45, 2.75) is 38.7 Å². The lowest BCUT2D eigenvalue weighted by Gasteiger charge is -2.15. The van der Waals surface area contributed by atoms with Crippen LogP contribution in [-0.2, 0) is 23.7 Å². The van der Waals surface area contributed by atoms with Crippen LogP contribution in [0.4, 0.5) is 0 Å². The van der Waals surface area contributed by atoms with Crippen LogP contribution in [0, 0.1) is 0 Å². The highest BCUT2D eigenvalue weighted by Crippen LogP contribution is 2.06. The normalized spacial score (nSPS) is 12.4. The van der Waals surface area contributed by atoms with Gasteiger partial charge >= 0.3 is 5.97 Å². The average Bonchev–Trinajstić information content (AvgIpc) is 2.40. The molecule has 0 aliphatic heterocycles. The number of methoxy groups -OCH3 is 2. The Balaban J connectivity index is 3.59. The van der Waals surface area contributed by atoms with Gasteiger partial charge in [-0.3, -0.25) is 0 Å². The van der Waals surface area contributed by atoms with Crippen LogP contribution in [0.3, 0.4) is 0 Å². The van der Waals surface area contributed by atoms with Crippen molar-refractivity contribution in [2.24, 2.45) is 0 Å². The molecule has 1 unspecified atom stereocenters. The molecule has 0 saturated carbocycles. The van der Waals surface area contributed by atoms with E-state index in [4.69, 9.17) is 18.9 Å². The van der Waals surface area contributed by atoms with Crippen LogP contribution in [0.25, 0.3) is 0 Å². The number of unbranched alkanes of at least 4 members (excludes halogenated alkanes) is 1. The van der Waals surface area contributed by atoms with Gasteiger partial charge < -0.3 is 18.9 Å². The lowest BCUT2D eigenvalue weighted by molar-refractivity contribution is -0.155. The van der Waals surface area contributed by atoms with Gasteiger partial charge in [0.2, 0.25) is 0 Å². The predicted octanol–water partition coefficient (Wildman–Crippen LogP) is 1.79. The van der Waals surface area contributed by atoms with Gasteiger partial charge in [0.1, 0.15) is 0 Å². The molecule has 0 aliphatic carbocycles. The zero-order valence-corrected chi connectivity index (χ0v) is 11.8. The summed E-state index contributed by atoms with van der Waals surface area (Å²) < 4.78 is 20.4. The molecule has 5 heteroatoms. The van der Waals surface area contributed by atoms with E-state index in [9.17, 15) is 4.79 Å². The van der Waals surface area contributed by atoms with E-state index in [-0.39, 0.29) is 5.97 Å². The Morgan fingerprint density at radius 1 is 1.06 bits per heavy atom. The average molecular weight is 262 g/mol. The second-order valence-corrected chi connectivity index (χ2v) is 3.98. The molecule has 0 heterocycles. The fourth-order valence-electron chi connectivity index (χ4n) is 1.45. The van der Waals surface area contributed by atoms with Crippen molar-refractivity contribution in [1.82, 2.24) is 0 Å². The first kappa shape index (κ1) is 17.4. The van der Waals surface area contributed by atoms with Crippen LogP contribution in [0.2, 0.25) is 0 Å². The Morgan fingerprint density at radius 3 is 2.44 bits per heavy atom. The highest BCUT2D eigenvalue weighted by Gasteiger charge is 2.18. The van der Waals surface area contributed by atoms with Crippen molar-refractivity contribution in [3.05, 3.63) is 0 Å². The molecule has 0 radical (unpaired) electrons. The van der Waals surface area contributed by atoms with E-state index in [0.717, 1.165) is 19.3 Å². The van der Waals surface area contributed by atoms with Gasteiger partial charge in [-0.25, -0.2) is 4.79 Å². The smallest absolute Gasteiger partial charge is 0.334 e. The quantitative estimate of drug-likeness (QED) is 0.396. The van der Waals surface area contributed by atoms with Crippen molar-refractivity contribution < 1.29 is 23.7 Å². The summed E-state index contributed by atoms with van der Waals surface area (Å²) >= 11 is 0. The van der Waals surface area contributed by atoms with Crippen LogP contribution in [-0.4, -0.2) is 52.7 Å². The molecule has 0 aliphatic rings. The SMILES string of the molecule is CCCCC(OCCOCCCOC)C(=O)OC. The van der Waals surface area contributed by atoms with Gasteiger partial charge in [0.05, 0.1) is 20.3 Å². The van der Waals surface area contributed by atoms with E-state index in [1.54, 1.807) is 7.11 Å². The fourth-order valence-corrected chi connectivity index (χ4v) is 1.45. The molecule has 0 aromatic heterocycles.